The van der Waals surface area contributed by atoms with Gasteiger partial charge in [-0.25, -0.2) is 4.39 Å². The van der Waals surface area contributed by atoms with E-state index >= 15 is 0 Å². The van der Waals surface area contributed by atoms with Crippen molar-refractivity contribution in [3.05, 3.63) is 59.9 Å². The highest BCUT2D eigenvalue weighted by molar-refractivity contribution is 6.00. The SMILES string of the molecule is O=C(CCC(=O)c1ccccc1F)Nc1cccc(N2CCCC2)c1. The van der Waals surface area contributed by atoms with Crippen molar-refractivity contribution >= 4 is 23.1 Å². The Kier molecular flexibility index (Phi) is 5.43. The monoisotopic (exact) mass is 340 g/mol. The number of nitrogens with one attached hydrogen (secondary N) is 1. The third kappa shape index (κ3) is 4.44. The molecule has 2 aromatic carbocycles. The average Bonchev–Trinajstić information content (AvgIpc) is 3.15. The molecule has 130 valence electrons. The summed E-state index contributed by atoms with van der Waals surface area (Å²) in [6, 6.07) is 13.5. The highest BCUT2D eigenvalue weighted by atomic mass is 19.1. The summed E-state index contributed by atoms with van der Waals surface area (Å²) in [7, 11) is 0. The number of amides is 1. The first-order valence-corrected chi connectivity index (χ1v) is 8.56. The zero-order chi connectivity index (χ0) is 17.6. The van der Waals surface area contributed by atoms with Gasteiger partial charge in [0.05, 0.1) is 5.56 Å². The Balaban J connectivity index is 1.55. The van der Waals surface area contributed by atoms with Crippen LogP contribution in [-0.2, 0) is 4.79 Å². The van der Waals surface area contributed by atoms with Crippen LogP contribution in [0.1, 0.15) is 36.0 Å². The number of halogens is 1. The number of benzene rings is 2. The molecule has 1 aliphatic rings. The van der Waals surface area contributed by atoms with Gasteiger partial charge in [0.2, 0.25) is 5.91 Å². The third-order valence-electron chi connectivity index (χ3n) is 4.35. The molecule has 25 heavy (non-hydrogen) atoms. The van der Waals surface area contributed by atoms with Gasteiger partial charge in [0.1, 0.15) is 5.82 Å². The fourth-order valence-electron chi connectivity index (χ4n) is 3.03. The molecule has 1 saturated heterocycles. The van der Waals surface area contributed by atoms with Gasteiger partial charge in [-0.05, 0) is 43.2 Å². The van der Waals surface area contributed by atoms with Crippen molar-refractivity contribution < 1.29 is 14.0 Å². The molecule has 3 rings (SSSR count). The van der Waals surface area contributed by atoms with Gasteiger partial charge in [0.15, 0.2) is 5.78 Å². The van der Waals surface area contributed by atoms with Crippen LogP contribution < -0.4 is 10.2 Å². The fraction of sp³-hybridized carbons (Fsp3) is 0.300. The minimum absolute atomic E-state index is 0.0153. The van der Waals surface area contributed by atoms with E-state index in [0.29, 0.717) is 5.69 Å². The summed E-state index contributed by atoms with van der Waals surface area (Å²) in [6.45, 7) is 2.07. The normalized spacial score (nSPS) is 13.7. The fourth-order valence-corrected chi connectivity index (χ4v) is 3.03. The molecule has 0 atom stereocenters. The number of carbonyl (C=O) groups excluding carboxylic acids is 2. The first kappa shape index (κ1) is 17.1. The Morgan fingerprint density at radius 1 is 1.00 bits per heavy atom. The summed E-state index contributed by atoms with van der Waals surface area (Å²) in [6.07, 6.45) is 2.39. The van der Waals surface area contributed by atoms with Crippen molar-refractivity contribution in [1.82, 2.24) is 0 Å². The van der Waals surface area contributed by atoms with Gasteiger partial charge >= 0.3 is 0 Å². The van der Waals surface area contributed by atoms with Crippen LogP contribution in [0.3, 0.4) is 0 Å². The van der Waals surface area contributed by atoms with Gasteiger partial charge in [-0.2, -0.15) is 0 Å². The molecule has 0 aromatic heterocycles. The number of anilines is 2. The van der Waals surface area contributed by atoms with Crippen molar-refractivity contribution in [2.45, 2.75) is 25.7 Å². The molecule has 1 N–H and O–H groups in total. The average molecular weight is 340 g/mol. The van der Waals surface area contributed by atoms with E-state index in [1.807, 2.05) is 24.3 Å². The van der Waals surface area contributed by atoms with Gasteiger partial charge in [-0.1, -0.05) is 18.2 Å². The highest BCUT2D eigenvalue weighted by Crippen LogP contribution is 2.23. The number of nitrogens with zero attached hydrogens (tertiary/aromatic N) is 1. The second-order valence-corrected chi connectivity index (χ2v) is 6.20. The zero-order valence-corrected chi connectivity index (χ0v) is 14.0. The second kappa shape index (κ2) is 7.92. The van der Waals surface area contributed by atoms with Gasteiger partial charge in [0.25, 0.3) is 0 Å². The van der Waals surface area contributed by atoms with Crippen molar-refractivity contribution in [2.24, 2.45) is 0 Å². The van der Waals surface area contributed by atoms with Crippen LogP contribution in [0.15, 0.2) is 48.5 Å². The molecule has 4 nitrogen and oxygen atoms in total. The van der Waals surface area contributed by atoms with E-state index in [9.17, 15) is 14.0 Å². The van der Waals surface area contributed by atoms with E-state index in [0.717, 1.165) is 18.8 Å². The second-order valence-electron chi connectivity index (χ2n) is 6.20. The quantitative estimate of drug-likeness (QED) is 0.808. The number of ketones is 1. The largest absolute Gasteiger partial charge is 0.371 e. The van der Waals surface area contributed by atoms with Crippen LogP contribution in [0.4, 0.5) is 15.8 Å². The Morgan fingerprint density at radius 3 is 2.52 bits per heavy atom. The number of hydrogen-bond acceptors (Lipinski definition) is 3. The molecule has 0 aliphatic carbocycles. The molecule has 0 saturated carbocycles. The maximum Gasteiger partial charge on any atom is 0.224 e. The van der Waals surface area contributed by atoms with Crippen molar-refractivity contribution in [2.75, 3.05) is 23.3 Å². The van der Waals surface area contributed by atoms with E-state index in [2.05, 4.69) is 10.2 Å². The first-order valence-electron chi connectivity index (χ1n) is 8.56. The number of carbonyl (C=O) groups is 2. The lowest BCUT2D eigenvalue weighted by Gasteiger charge is -2.18. The van der Waals surface area contributed by atoms with E-state index in [-0.39, 0.29) is 30.1 Å². The lowest BCUT2D eigenvalue weighted by atomic mass is 10.1. The molecule has 1 heterocycles. The maximum absolute atomic E-state index is 13.6. The summed E-state index contributed by atoms with van der Waals surface area (Å²) in [5.41, 5.74) is 1.84. The summed E-state index contributed by atoms with van der Waals surface area (Å²) in [5, 5.41) is 2.82. The van der Waals surface area contributed by atoms with Gasteiger partial charge in [0, 0.05) is 37.3 Å². The lowest BCUT2D eigenvalue weighted by molar-refractivity contribution is -0.116. The predicted octanol–water partition coefficient (Wildman–Crippen LogP) is 4.03. The maximum atomic E-state index is 13.6. The molecular weight excluding hydrogens is 319 g/mol. The molecule has 1 amide bonds. The molecule has 2 aromatic rings. The molecular formula is C20H21FN2O2. The van der Waals surface area contributed by atoms with Crippen LogP contribution in [0.5, 0.6) is 0 Å². The summed E-state index contributed by atoms with van der Waals surface area (Å²) < 4.78 is 13.6. The van der Waals surface area contributed by atoms with Gasteiger partial charge in [-0.15, -0.1) is 0 Å². The molecule has 5 heteroatoms. The zero-order valence-electron chi connectivity index (χ0n) is 14.0. The number of Topliss-reactive ketones (excluding diaryl/α,β-unsaturated/α-hetero) is 1. The number of hydrogen-bond donors (Lipinski definition) is 1. The topological polar surface area (TPSA) is 49.4 Å². The molecule has 0 spiro atoms. The van der Waals surface area contributed by atoms with E-state index in [1.54, 1.807) is 6.07 Å². The van der Waals surface area contributed by atoms with E-state index < -0.39 is 5.82 Å². The summed E-state index contributed by atoms with van der Waals surface area (Å²) in [5.74, 6) is -1.16. The third-order valence-corrected chi connectivity index (χ3v) is 4.35. The lowest BCUT2D eigenvalue weighted by Crippen LogP contribution is -2.18. The Labute approximate surface area is 146 Å². The van der Waals surface area contributed by atoms with E-state index in [1.165, 1.54) is 31.0 Å². The van der Waals surface area contributed by atoms with E-state index in [4.69, 9.17) is 0 Å². The van der Waals surface area contributed by atoms with Crippen LogP contribution in [0.2, 0.25) is 0 Å². The highest BCUT2D eigenvalue weighted by Gasteiger charge is 2.15. The molecule has 1 fully saturated rings. The Morgan fingerprint density at radius 2 is 1.76 bits per heavy atom. The van der Waals surface area contributed by atoms with Crippen LogP contribution >= 0.6 is 0 Å². The minimum atomic E-state index is -0.550. The molecule has 1 aliphatic heterocycles. The van der Waals surface area contributed by atoms with Crippen LogP contribution in [0, 0.1) is 5.82 Å². The van der Waals surface area contributed by atoms with Crippen LogP contribution in [-0.4, -0.2) is 24.8 Å². The first-order chi connectivity index (χ1) is 12.1. The Hall–Kier alpha value is -2.69. The molecule has 0 unspecified atom stereocenters. The summed E-state index contributed by atoms with van der Waals surface area (Å²) in [4.78, 5) is 26.4. The predicted molar refractivity (Wildman–Crippen MR) is 96.5 cm³/mol. The van der Waals surface area contributed by atoms with Gasteiger partial charge < -0.3 is 10.2 Å². The van der Waals surface area contributed by atoms with Crippen molar-refractivity contribution in [1.29, 1.82) is 0 Å². The summed E-state index contributed by atoms with van der Waals surface area (Å²) >= 11 is 0. The smallest absolute Gasteiger partial charge is 0.224 e. The van der Waals surface area contributed by atoms with Crippen molar-refractivity contribution in [3.63, 3.8) is 0 Å². The van der Waals surface area contributed by atoms with Gasteiger partial charge in [-0.3, -0.25) is 9.59 Å². The van der Waals surface area contributed by atoms with Crippen LogP contribution in [0.25, 0.3) is 0 Å². The Bertz CT molecular complexity index is 770. The standard InChI is InChI=1S/C20H21FN2O2/c21-18-9-2-1-8-17(18)19(24)10-11-20(25)22-15-6-5-7-16(14-15)23-12-3-4-13-23/h1-2,5-9,14H,3-4,10-13H2,(H,22,25). The molecule has 0 radical (unpaired) electrons. The molecule has 0 bridgehead atoms. The van der Waals surface area contributed by atoms with Crippen molar-refractivity contribution in [3.8, 4) is 0 Å². The minimum Gasteiger partial charge on any atom is -0.371 e. The number of rotatable bonds is 6.